The number of rotatable bonds is 3. The maximum Gasteiger partial charge on any atom is 0.193 e. The van der Waals surface area contributed by atoms with E-state index in [1.54, 1.807) is 55.8 Å². The lowest BCUT2D eigenvalue weighted by Crippen LogP contribution is -1.92. The Labute approximate surface area is 152 Å². The second kappa shape index (κ2) is 5.87. The van der Waals surface area contributed by atoms with Gasteiger partial charge in [-0.3, -0.25) is 10.1 Å². The topological polar surface area (TPSA) is 92.4 Å². The van der Waals surface area contributed by atoms with Crippen molar-refractivity contribution in [3.8, 4) is 22.8 Å². The van der Waals surface area contributed by atoms with Crippen LogP contribution in [0, 0.1) is 12.7 Å². The molecule has 0 fully saturated rings. The zero-order valence-electron chi connectivity index (χ0n) is 14.2. The molecular formula is C19H13FN6O. The van der Waals surface area contributed by atoms with E-state index in [-0.39, 0.29) is 11.3 Å². The van der Waals surface area contributed by atoms with Crippen LogP contribution in [0.1, 0.15) is 5.82 Å². The maximum absolute atomic E-state index is 14.7. The summed E-state index contributed by atoms with van der Waals surface area (Å²) < 4.78 is 20.4. The fourth-order valence-electron chi connectivity index (χ4n) is 2.94. The van der Waals surface area contributed by atoms with Crippen molar-refractivity contribution in [3.63, 3.8) is 0 Å². The number of benzene rings is 2. The van der Waals surface area contributed by atoms with Crippen molar-refractivity contribution < 1.29 is 9.13 Å². The van der Waals surface area contributed by atoms with E-state index < -0.39 is 5.82 Å². The van der Waals surface area contributed by atoms with Gasteiger partial charge in [0.25, 0.3) is 0 Å². The largest absolute Gasteiger partial charge is 0.454 e. The molecule has 0 bridgehead atoms. The van der Waals surface area contributed by atoms with Gasteiger partial charge in [-0.2, -0.15) is 5.10 Å². The van der Waals surface area contributed by atoms with E-state index in [9.17, 15) is 4.39 Å². The number of nitrogens with zero attached hydrogens (tertiary/aromatic N) is 4. The Bertz CT molecular complexity index is 1280. The summed E-state index contributed by atoms with van der Waals surface area (Å²) in [6.45, 7) is 1.78. The molecule has 0 saturated heterocycles. The Morgan fingerprint density at radius 3 is 2.81 bits per heavy atom. The maximum atomic E-state index is 14.7. The van der Waals surface area contributed by atoms with Crippen LogP contribution in [0.15, 0.2) is 48.9 Å². The van der Waals surface area contributed by atoms with E-state index in [4.69, 9.17) is 4.74 Å². The van der Waals surface area contributed by atoms with Crippen molar-refractivity contribution in [2.75, 3.05) is 0 Å². The predicted molar refractivity (Wildman–Crippen MR) is 98.0 cm³/mol. The third-order valence-corrected chi connectivity index (χ3v) is 4.21. The summed E-state index contributed by atoms with van der Waals surface area (Å²) in [7, 11) is 0. The smallest absolute Gasteiger partial charge is 0.193 e. The number of nitrogens with one attached hydrogen (secondary N) is 2. The molecule has 0 radical (unpaired) electrons. The minimum Gasteiger partial charge on any atom is -0.454 e. The average Bonchev–Trinajstić information content (AvgIpc) is 3.33. The van der Waals surface area contributed by atoms with Gasteiger partial charge in [0.05, 0.1) is 34.6 Å². The molecule has 0 spiro atoms. The van der Waals surface area contributed by atoms with Crippen LogP contribution in [-0.2, 0) is 0 Å². The Morgan fingerprint density at radius 1 is 1.04 bits per heavy atom. The Morgan fingerprint density at radius 2 is 1.96 bits per heavy atom. The summed E-state index contributed by atoms with van der Waals surface area (Å²) in [5, 5.41) is 6.67. The van der Waals surface area contributed by atoms with Crippen LogP contribution in [0.25, 0.3) is 33.3 Å². The third kappa shape index (κ3) is 2.67. The number of imidazole rings is 1. The number of aryl methyl sites for hydroxylation is 1. The molecule has 7 nitrogen and oxygen atoms in total. The standard InChI is InChI=1S/C19H13FN6O/c1-10-24-14-4-5-17(18(20)19(14)25-10)27-12-2-3-13-15(6-12)26-16(9-21-13)11-7-22-23-8-11/h2-9H,1H3,(H,22,23)(H,24,25). The Hall–Kier alpha value is -3.81. The van der Waals surface area contributed by atoms with Gasteiger partial charge in [-0.25, -0.2) is 14.4 Å². The monoisotopic (exact) mass is 360 g/mol. The van der Waals surface area contributed by atoms with Gasteiger partial charge in [0.2, 0.25) is 0 Å². The highest BCUT2D eigenvalue weighted by Gasteiger charge is 2.13. The van der Waals surface area contributed by atoms with Gasteiger partial charge in [-0.15, -0.1) is 0 Å². The molecule has 8 heteroatoms. The zero-order chi connectivity index (χ0) is 18.4. The van der Waals surface area contributed by atoms with E-state index in [1.165, 1.54) is 0 Å². The molecule has 2 aromatic carbocycles. The molecule has 0 amide bonds. The van der Waals surface area contributed by atoms with E-state index >= 15 is 0 Å². The van der Waals surface area contributed by atoms with Crippen LogP contribution in [0.4, 0.5) is 4.39 Å². The normalized spacial score (nSPS) is 11.3. The van der Waals surface area contributed by atoms with Gasteiger partial charge >= 0.3 is 0 Å². The molecule has 5 rings (SSSR count). The van der Waals surface area contributed by atoms with Crippen LogP contribution >= 0.6 is 0 Å². The summed E-state index contributed by atoms with van der Waals surface area (Å²) in [6, 6.07) is 8.56. The number of halogens is 1. The van der Waals surface area contributed by atoms with Gasteiger partial charge < -0.3 is 9.72 Å². The second-order valence-electron chi connectivity index (χ2n) is 6.09. The molecule has 0 saturated carbocycles. The third-order valence-electron chi connectivity index (χ3n) is 4.21. The number of aromatic amines is 2. The van der Waals surface area contributed by atoms with E-state index in [0.29, 0.717) is 33.8 Å². The minimum absolute atomic E-state index is 0.104. The molecule has 3 heterocycles. The molecule has 3 aromatic heterocycles. The number of aromatic nitrogens is 6. The molecule has 0 aliphatic rings. The van der Waals surface area contributed by atoms with Crippen molar-refractivity contribution in [2.24, 2.45) is 0 Å². The van der Waals surface area contributed by atoms with Crippen molar-refractivity contribution >= 4 is 22.1 Å². The van der Waals surface area contributed by atoms with E-state index in [1.807, 2.05) is 0 Å². The fourth-order valence-corrected chi connectivity index (χ4v) is 2.94. The van der Waals surface area contributed by atoms with Gasteiger partial charge in [-0.1, -0.05) is 0 Å². The van der Waals surface area contributed by atoms with Crippen LogP contribution in [0.3, 0.4) is 0 Å². The number of hydrogen-bond acceptors (Lipinski definition) is 5. The van der Waals surface area contributed by atoms with Crippen LogP contribution in [0.2, 0.25) is 0 Å². The van der Waals surface area contributed by atoms with Crippen molar-refractivity contribution in [2.45, 2.75) is 6.92 Å². The molecule has 132 valence electrons. The molecule has 0 unspecified atom stereocenters. The summed E-state index contributed by atoms with van der Waals surface area (Å²) in [6.07, 6.45) is 5.10. The van der Waals surface area contributed by atoms with Gasteiger partial charge in [-0.05, 0) is 31.2 Å². The van der Waals surface area contributed by atoms with Crippen LogP contribution in [0.5, 0.6) is 11.5 Å². The molecule has 0 aliphatic heterocycles. The van der Waals surface area contributed by atoms with Crippen LogP contribution < -0.4 is 4.74 Å². The molecule has 27 heavy (non-hydrogen) atoms. The SMILES string of the molecule is Cc1nc2c(F)c(Oc3ccc4ncc(-c5cn[nH]c5)nc4c3)ccc2[nH]1. The first kappa shape index (κ1) is 15.4. The first-order valence-corrected chi connectivity index (χ1v) is 8.26. The number of ether oxygens (including phenoxy) is 1. The zero-order valence-corrected chi connectivity index (χ0v) is 14.2. The Balaban J connectivity index is 1.54. The molecule has 2 N–H and O–H groups in total. The van der Waals surface area contributed by atoms with Crippen LogP contribution in [-0.4, -0.2) is 30.1 Å². The van der Waals surface area contributed by atoms with Gasteiger partial charge in [0, 0.05) is 17.8 Å². The summed E-state index contributed by atoms with van der Waals surface area (Å²) in [5.74, 6) is 0.711. The highest BCUT2D eigenvalue weighted by Crippen LogP contribution is 2.30. The first-order valence-electron chi connectivity index (χ1n) is 8.26. The number of H-pyrrole nitrogens is 2. The van der Waals surface area contributed by atoms with Gasteiger partial charge in [0.15, 0.2) is 11.6 Å². The Kier molecular flexibility index (Phi) is 3.36. The lowest BCUT2D eigenvalue weighted by atomic mass is 10.2. The molecule has 0 atom stereocenters. The molecule has 5 aromatic rings. The second-order valence-corrected chi connectivity index (χ2v) is 6.09. The summed E-state index contributed by atoms with van der Waals surface area (Å²) >= 11 is 0. The quantitative estimate of drug-likeness (QED) is 0.504. The fraction of sp³-hybridized carbons (Fsp3) is 0.0526. The lowest BCUT2D eigenvalue weighted by Gasteiger charge is -2.08. The molecule has 0 aliphatic carbocycles. The first-order chi connectivity index (χ1) is 13.2. The minimum atomic E-state index is -0.504. The number of fused-ring (bicyclic) bond motifs is 2. The lowest BCUT2D eigenvalue weighted by molar-refractivity contribution is 0.446. The molecular weight excluding hydrogens is 347 g/mol. The van der Waals surface area contributed by atoms with Gasteiger partial charge in [0.1, 0.15) is 17.1 Å². The highest BCUT2D eigenvalue weighted by molar-refractivity contribution is 5.79. The number of hydrogen-bond donors (Lipinski definition) is 2. The van der Waals surface area contributed by atoms with E-state index in [2.05, 4.69) is 30.1 Å². The summed E-state index contributed by atoms with van der Waals surface area (Å²) in [4.78, 5) is 16.1. The van der Waals surface area contributed by atoms with E-state index in [0.717, 1.165) is 5.56 Å². The van der Waals surface area contributed by atoms with Crippen molar-refractivity contribution in [1.82, 2.24) is 30.1 Å². The summed E-state index contributed by atoms with van der Waals surface area (Å²) in [5.41, 5.74) is 3.77. The van der Waals surface area contributed by atoms with Crippen molar-refractivity contribution in [3.05, 3.63) is 60.6 Å². The predicted octanol–water partition coefficient (Wildman–Crippen LogP) is 4.14. The highest BCUT2D eigenvalue weighted by atomic mass is 19.1. The average molecular weight is 360 g/mol. The van der Waals surface area contributed by atoms with Crippen molar-refractivity contribution in [1.29, 1.82) is 0 Å².